The van der Waals surface area contributed by atoms with Gasteiger partial charge < -0.3 is 24.8 Å². The number of rotatable bonds is 4. The molecule has 2 aliphatic rings. The van der Waals surface area contributed by atoms with Crippen LogP contribution in [-0.4, -0.2) is 51.0 Å². The largest absolute Gasteiger partial charge is 0.490 e. The number of amides is 1. The summed E-state index contributed by atoms with van der Waals surface area (Å²) in [5.74, 6) is 0.750. The van der Waals surface area contributed by atoms with Gasteiger partial charge in [-0.25, -0.2) is 0 Å². The summed E-state index contributed by atoms with van der Waals surface area (Å²) >= 11 is 0. The fourth-order valence-electron chi connectivity index (χ4n) is 2.79. The maximum absolute atomic E-state index is 12.2. The van der Waals surface area contributed by atoms with Crippen LogP contribution in [-0.2, 0) is 14.3 Å². The molecule has 2 fully saturated rings. The van der Waals surface area contributed by atoms with Crippen molar-refractivity contribution < 1.29 is 19.0 Å². The van der Waals surface area contributed by atoms with E-state index in [-0.39, 0.29) is 24.4 Å². The zero-order chi connectivity index (χ0) is 16.1. The first kappa shape index (κ1) is 19.0. The van der Waals surface area contributed by atoms with Crippen molar-refractivity contribution in [2.45, 2.75) is 32.0 Å². The number of benzene rings is 1. The van der Waals surface area contributed by atoms with E-state index in [0.717, 1.165) is 49.6 Å². The number of carbonyl (C=O) groups is 1. The van der Waals surface area contributed by atoms with Gasteiger partial charge in [0.15, 0.2) is 0 Å². The molecule has 7 heteroatoms. The van der Waals surface area contributed by atoms with E-state index in [9.17, 15) is 4.79 Å². The van der Waals surface area contributed by atoms with Crippen LogP contribution in [0.5, 0.6) is 5.75 Å². The van der Waals surface area contributed by atoms with Gasteiger partial charge in [0.2, 0.25) is 0 Å². The molecule has 134 valence electrons. The van der Waals surface area contributed by atoms with Gasteiger partial charge in [-0.15, -0.1) is 12.4 Å². The Morgan fingerprint density at radius 3 is 2.75 bits per heavy atom. The summed E-state index contributed by atoms with van der Waals surface area (Å²) < 4.78 is 16.8. The Morgan fingerprint density at radius 2 is 2.08 bits per heavy atom. The maximum atomic E-state index is 12.2. The molecular formula is C17H25ClN2O4. The lowest BCUT2D eigenvalue weighted by Gasteiger charge is -2.25. The van der Waals surface area contributed by atoms with Crippen LogP contribution in [0.15, 0.2) is 18.2 Å². The van der Waals surface area contributed by atoms with Crippen LogP contribution in [0.25, 0.3) is 0 Å². The van der Waals surface area contributed by atoms with Crippen LogP contribution >= 0.6 is 12.4 Å². The summed E-state index contributed by atoms with van der Waals surface area (Å²) in [6.07, 6.45) is 1.63. The highest BCUT2D eigenvalue weighted by atomic mass is 35.5. The molecular weight excluding hydrogens is 332 g/mol. The van der Waals surface area contributed by atoms with Crippen molar-refractivity contribution in [3.63, 3.8) is 0 Å². The second-order valence-corrected chi connectivity index (χ2v) is 5.96. The molecule has 3 rings (SSSR count). The molecule has 0 bridgehead atoms. The van der Waals surface area contributed by atoms with E-state index >= 15 is 0 Å². The van der Waals surface area contributed by atoms with Gasteiger partial charge in [0, 0.05) is 31.6 Å². The quantitative estimate of drug-likeness (QED) is 0.862. The highest BCUT2D eigenvalue weighted by Gasteiger charge is 2.22. The number of ether oxygens (including phenoxy) is 3. The first-order valence-corrected chi connectivity index (χ1v) is 8.20. The van der Waals surface area contributed by atoms with Gasteiger partial charge in [0.05, 0.1) is 19.8 Å². The van der Waals surface area contributed by atoms with Crippen LogP contribution in [0, 0.1) is 6.92 Å². The maximum Gasteiger partial charge on any atom is 0.254 e. The number of hydrogen-bond donors (Lipinski definition) is 2. The summed E-state index contributed by atoms with van der Waals surface area (Å²) in [6, 6.07) is 5.72. The minimum atomic E-state index is -0.428. The Hall–Kier alpha value is -1.34. The number of carbonyl (C=O) groups excluding carboxylic acids is 1. The number of aryl methyl sites for hydroxylation is 1. The molecule has 2 saturated heterocycles. The van der Waals surface area contributed by atoms with Crippen molar-refractivity contribution in [1.82, 2.24) is 5.32 Å². The van der Waals surface area contributed by atoms with Gasteiger partial charge in [-0.3, -0.25) is 4.79 Å². The number of nitrogens with one attached hydrogen (secondary N) is 2. The number of morpholine rings is 1. The molecule has 0 aliphatic carbocycles. The normalized spacial score (nSPS) is 21.6. The second-order valence-electron chi connectivity index (χ2n) is 5.96. The van der Waals surface area contributed by atoms with Crippen molar-refractivity contribution >= 4 is 24.0 Å². The Balaban J connectivity index is 0.00000208. The summed E-state index contributed by atoms with van der Waals surface area (Å²) in [5.41, 5.74) is 1.78. The van der Waals surface area contributed by atoms with Crippen LogP contribution in [0.1, 0.15) is 18.4 Å². The molecule has 2 N–H and O–H groups in total. The molecule has 6 nitrogen and oxygen atoms in total. The standard InChI is InChI=1S/C17H24N2O4.ClH/c1-12-10-13(19-17(20)16-11-18-6-9-22-16)2-3-15(12)23-14-4-7-21-8-5-14;/h2-3,10,14,16,18H,4-9,11H2,1H3,(H,19,20);1H. The Bertz CT molecular complexity index is 543. The Labute approximate surface area is 148 Å². The van der Waals surface area contributed by atoms with Gasteiger partial charge in [0.1, 0.15) is 18.0 Å². The summed E-state index contributed by atoms with van der Waals surface area (Å²) in [6.45, 7) is 5.41. The van der Waals surface area contributed by atoms with Gasteiger partial charge in [-0.05, 0) is 30.7 Å². The summed E-state index contributed by atoms with van der Waals surface area (Å²) in [7, 11) is 0. The summed E-state index contributed by atoms with van der Waals surface area (Å²) in [4.78, 5) is 12.2. The Morgan fingerprint density at radius 1 is 1.29 bits per heavy atom. The molecule has 1 amide bonds. The van der Waals surface area contributed by atoms with Crippen molar-refractivity contribution in [2.75, 3.05) is 38.2 Å². The van der Waals surface area contributed by atoms with Gasteiger partial charge in [-0.2, -0.15) is 0 Å². The molecule has 1 unspecified atom stereocenters. The third-order valence-electron chi connectivity index (χ3n) is 4.12. The predicted molar refractivity (Wildman–Crippen MR) is 94.1 cm³/mol. The van der Waals surface area contributed by atoms with E-state index < -0.39 is 6.10 Å². The van der Waals surface area contributed by atoms with Crippen LogP contribution < -0.4 is 15.4 Å². The first-order chi connectivity index (χ1) is 11.2. The zero-order valence-corrected chi connectivity index (χ0v) is 14.7. The first-order valence-electron chi connectivity index (χ1n) is 8.20. The monoisotopic (exact) mass is 356 g/mol. The molecule has 0 aromatic heterocycles. The molecule has 24 heavy (non-hydrogen) atoms. The second kappa shape index (κ2) is 9.22. The topological polar surface area (TPSA) is 68.8 Å². The van der Waals surface area contributed by atoms with Crippen molar-refractivity contribution in [1.29, 1.82) is 0 Å². The van der Waals surface area contributed by atoms with Crippen LogP contribution in [0.2, 0.25) is 0 Å². The van der Waals surface area contributed by atoms with E-state index in [1.54, 1.807) is 0 Å². The fourth-order valence-corrected chi connectivity index (χ4v) is 2.79. The summed E-state index contributed by atoms with van der Waals surface area (Å²) in [5, 5.41) is 6.06. The molecule has 0 saturated carbocycles. The highest BCUT2D eigenvalue weighted by molar-refractivity contribution is 5.94. The fraction of sp³-hybridized carbons (Fsp3) is 0.588. The molecule has 1 aromatic carbocycles. The third kappa shape index (κ3) is 5.08. The van der Waals surface area contributed by atoms with Crippen molar-refractivity contribution in [3.8, 4) is 5.75 Å². The van der Waals surface area contributed by atoms with Crippen molar-refractivity contribution in [2.24, 2.45) is 0 Å². The van der Waals surface area contributed by atoms with E-state index in [1.165, 1.54) is 0 Å². The molecule has 0 spiro atoms. The predicted octanol–water partition coefficient (Wildman–Crippen LogP) is 1.90. The molecule has 2 aliphatic heterocycles. The number of halogens is 1. The van der Waals surface area contributed by atoms with Crippen LogP contribution in [0.4, 0.5) is 5.69 Å². The molecule has 1 atom stereocenters. The Kier molecular flexibility index (Phi) is 7.30. The van der Waals surface area contributed by atoms with Gasteiger partial charge in [-0.1, -0.05) is 0 Å². The lowest BCUT2D eigenvalue weighted by molar-refractivity contribution is -0.128. The average molecular weight is 357 g/mol. The van der Waals surface area contributed by atoms with Gasteiger partial charge >= 0.3 is 0 Å². The van der Waals surface area contributed by atoms with E-state index in [2.05, 4.69) is 10.6 Å². The minimum absolute atomic E-state index is 0. The van der Waals surface area contributed by atoms with E-state index in [0.29, 0.717) is 13.2 Å². The smallest absolute Gasteiger partial charge is 0.254 e. The van der Waals surface area contributed by atoms with Gasteiger partial charge in [0.25, 0.3) is 5.91 Å². The third-order valence-corrected chi connectivity index (χ3v) is 4.12. The average Bonchev–Trinajstić information content (AvgIpc) is 2.59. The molecule has 0 radical (unpaired) electrons. The lowest BCUT2D eigenvalue weighted by atomic mass is 10.1. The number of hydrogen-bond acceptors (Lipinski definition) is 5. The zero-order valence-electron chi connectivity index (χ0n) is 13.9. The highest BCUT2D eigenvalue weighted by Crippen LogP contribution is 2.25. The van der Waals surface area contributed by atoms with Crippen molar-refractivity contribution in [3.05, 3.63) is 23.8 Å². The SMILES string of the molecule is Cc1cc(NC(=O)C2CNCCO2)ccc1OC1CCOCC1.Cl. The molecule has 1 aromatic rings. The number of anilines is 1. The van der Waals surface area contributed by atoms with E-state index in [4.69, 9.17) is 14.2 Å². The molecule has 2 heterocycles. The lowest BCUT2D eigenvalue weighted by Crippen LogP contribution is -2.45. The van der Waals surface area contributed by atoms with Crippen LogP contribution in [0.3, 0.4) is 0 Å². The van der Waals surface area contributed by atoms with E-state index in [1.807, 2.05) is 25.1 Å². The minimum Gasteiger partial charge on any atom is -0.490 e.